The second kappa shape index (κ2) is 7.97. The van der Waals surface area contributed by atoms with E-state index in [0.717, 1.165) is 41.5 Å². The van der Waals surface area contributed by atoms with Crippen LogP contribution in [0.4, 0.5) is 4.79 Å². The zero-order chi connectivity index (χ0) is 22.3. The number of rotatable bonds is 7. The molecule has 32 heavy (non-hydrogen) atoms. The predicted octanol–water partition coefficient (Wildman–Crippen LogP) is 3.43. The Kier molecular flexibility index (Phi) is 5.12. The average Bonchev–Trinajstić information content (AvgIpc) is 3.55. The van der Waals surface area contributed by atoms with E-state index in [-0.39, 0.29) is 18.4 Å². The fourth-order valence-electron chi connectivity index (χ4n) is 4.83. The van der Waals surface area contributed by atoms with Crippen LogP contribution in [0.25, 0.3) is 11.1 Å². The second-order valence-electron chi connectivity index (χ2n) is 9.02. The number of fused-ring (bicyclic) bond motifs is 3. The summed E-state index contributed by atoms with van der Waals surface area (Å²) in [6.45, 7) is 0.165. The first-order valence-electron chi connectivity index (χ1n) is 11.2. The molecule has 7 heteroatoms. The molecule has 0 aromatic heterocycles. The van der Waals surface area contributed by atoms with Crippen LogP contribution in [-0.4, -0.2) is 41.3 Å². The molecular weight excluding hydrogens is 408 g/mol. The Morgan fingerprint density at radius 1 is 1.00 bits per heavy atom. The lowest BCUT2D eigenvalue weighted by atomic mass is 9.76. The van der Waals surface area contributed by atoms with Crippen LogP contribution in [0.3, 0.4) is 0 Å². The Balaban J connectivity index is 1.24. The smallest absolute Gasteiger partial charge is 0.407 e. The zero-order valence-electron chi connectivity index (χ0n) is 17.7. The van der Waals surface area contributed by atoms with Gasteiger partial charge in [0.1, 0.15) is 18.2 Å². The molecule has 3 aliphatic carbocycles. The van der Waals surface area contributed by atoms with E-state index in [4.69, 9.17) is 4.74 Å². The molecule has 166 valence electrons. The fourth-order valence-corrected chi connectivity index (χ4v) is 4.83. The molecule has 2 saturated carbocycles. The molecule has 1 unspecified atom stereocenters. The number of hydrogen-bond donors (Lipinski definition) is 3. The maximum atomic E-state index is 12.8. The van der Waals surface area contributed by atoms with E-state index in [1.54, 1.807) is 0 Å². The van der Waals surface area contributed by atoms with E-state index in [1.807, 2.05) is 36.4 Å². The number of ether oxygens (including phenoxy) is 1. The number of nitrogens with one attached hydrogen (secondary N) is 2. The summed E-state index contributed by atoms with van der Waals surface area (Å²) in [5.41, 5.74) is 3.32. The van der Waals surface area contributed by atoms with E-state index in [0.29, 0.717) is 12.8 Å². The lowest BCUT2D eigenvalue weighted by Gasteiger charge is -2.39. The van der Waals surface area contributed by atoms with E-state index in [2.05, 4.69) is 22.8 Å². The first-order valence-corrected chi connectivity index (χ1v) is 11.2. The standard InChI is InChI=1S/C25H26N2O5/c28-22(27-25(23(29)30)12-5-13-25)21(15-10-11-15)26-24(31)32-14-20-18-8-3-1-6-16(18)17-7-2-4-9-19(17)20/h1-4,6-9,15,20-21H,5,10-14H2,(H,26,31)(H,27,28)(H,29,30). The van der Waals surface area contributed by atoms with Crippen LogP contribution < -0.4 is 10.6 Å². The quantitative estimate of drug-likeness (QED) is 0.619. The molecule has 0 radical (unpaired) electrons. The van der Waals surface area contributed by atoms with Gasteiger partial charge in [-0.1, -0.05) is 48.5 Å². The Morgan fingerprint density at radius 3 is 2.09 bits per heavy atom. The van der Waals surface area contributed by atoms with Crippen LogP contribution >= 0.6 is 0 Å². The number of hydrogen-bond acceptors (Lipinski definition) is 4. The van der Waals surface area contributed by atoms with E-state index >= 15 is 0 Å². The number of amides is 2. The van der Waals surface area contributed by atoms with Crippen molar-refractivity contribution in [3.05, 3.63) is 59.7 Å². The third-order valence-electron chi connectivity index (χ3n) is 6.97. The van der Waals surface area contributed by atoms with Gasteiger partial charge in [0, 0.05) is 5.92 Å². The number of carboxylic acids is 1. The summed E-state index contributed by atoms with van der Waals surface area (Å²) in [6.07, 6.45) is 2.58. The topological polar surface area (TPSA) is 105 Å². The summed E-state index contributed by atoms with van der Waals surface area (Å²) < 4.78 is 5.57. The molecule has 0 aliphatic heterocycles. The van der Waals surface area contributed by atoms with Gasteiger partial charge in [-0.25, -0.2) is 9.59 Å². The van der Waals surface area contributed by atoms with Crippen molar-refractivity contribution >= 4 is 18.0 Å². The average molecular weight is 434 g/mol. The molecule has 0 bridgehead atoms. The van der Waals surface area contributed by atoms with Crippen molar-refractivity contribution in [1.29, 1.82) is 0 Å². The summed E-state index contributed by atoms with van der Waals surface area (Å²) in [5, 5.41) is 14.9. The van der Waals surface area contributed by atoms with E-state index < -0.39 is 29.6 Å². The molecule has 1 atom stereocenters. The molecule has 0 heterocycles. The summed E-state index contributed by atoms with van der Waals surface area (Å²) in [6, 6.07) is 15.4. The molecular formula is C25H26N2O5. The minimum absolute atomic E-state index is 0.0152. The van der Waals surface area contributed by atoms with Gasteiger partial charge in [0.05, 0.1) is 0 Å². The largest absolute Gasteiger partial charge is 0.480 e. The third kappa shape index (κ3) is 3.61. The summed E-state index contributed by atoms with van der Waals surface area (Å²) in [7, 11) is 0. The number of aliphatic carboxylic acids is 1. The predicted molar refractivity (Wildman–Crippen MR) is 117 cm³/mol. The van der Waals surface area contributed by atoms with Gasteiger partial charge in [0.2, 0.25) is 5.91 Å². The Morgan fingerprint density at radius 2 is 1.59 bits per heavy atom. The molecule has 2 fully saturated rings. The minimum atomic E-state index is -1.20. The molecule has 2 aromatic carbocycles. The van der Waals surface area contributed by atoms with Crippen LogP contribution in [0.15, 0.2) is 48.5 Å². The van der Waals surface area contributed by atoms with Crippen molar-refractivity contribution < 1.29 is 24.2 Å². The van der Waals surface area contributed by atoms with Gasteiger partial charge >= 0.3 is 12.1 Å². The molecule has 3 aliphatic rings. The molecule has 2 amide bonds. The summed E-state index contributed by atoms with van der Waals surface area (Å²) in [5.74, 6) is -1.51. The van der Waals surface area contributed by atoms with Crippen molar-refractivity contribution in [1.82, 2.24) is 10.6 Å². The highest BCUT2D eigenvalue weighted by Crippen LogP contribution is 2.44. The summed E-state index contributed by atoms with van der Waals surface area (Å²) in [4.78, 5) is 37.0. The fraction of sp³-hybridized carbons (Fsp3) is 0.400. The lowest BCUT2D eigenvalue weighted by Crippen LogP contribution is -2.63. The molecule has 7 nitrogen and oxygen atoms in total. The molecule has 0 spiro atoms. The van der Waals surface area contributed by atoms with Crippen LogP contribution in [0.1, 0.15) is 49.1 Å². The first-order chi connectivity index (χ1) is 15.5. The van der Waals surface area contributed by atoms with Gasteiger partial charge in [-0.15, -0.1) is 0 Å². The number of carboxylic acid groups (broad SMARTS) is 1. The van der Waals surface area contributed by atoms with Gasteiger partial charge < -0.3 is 20.5 Å². The number of benzene rings is 2. The molecule has 5 rings (SSSR count). The van der Waals surface area contributed by atoms with Crippen LogP contribution in [0.2, 0.25) is 0 Å². The first kappa shape index (κ1) is 20.5. The van der Waals surface area contributed by atoms with Crippen molar-refractivity contribution in [2.45, 2.75) is 49.6 Å². The number of carbonyl (C=O) groups excluding carboxylic acids is 2. The Labute approximate surface area is 186 Å². The second-order valence-corrected chi connectivity index (χ2v) is 9.02. The van der Waals surface area contributed by atoms with Gasteiger partial charge in [0.25, 0.3) is 0 Å². The van der Waals surface area contributed by atoms with Crippen molar-refractivity contribution in [3.63, 3.8) is 0 Å². The lowest BCUT2D eigenvalue weighted by molar-refractivity contribution is -0.152. The van der Waals surface area contributed by atoms with Crippen LogP contribution in [0.5, 0.6) is 0 Å². The van der Waals surface area contributed by atoms with Crippen molar-refractivity contribution in [2.24, 2.45) is 5.92 Å². The Hall–Kier alpha value is -3.35. The monoisotopic (exact) mass is 434 g/mol. The highest BCUT2D eigenvalue weighted by Gasteiger charge is 2.48. The van der Waals surface area contributed by atoms with E-state index in [1.165, 1.54) is 0 Å². The maximum Gasteiger partial charge on any atom is 0.407 e. The van der Waals surface area contributed by atoms with Gasteiger partial charge in [-0.2, -0.15) is 0 Å². The maximum absolute atomic E-state index is 12.8. The minimum Gasteiger partial charge on any atom is -0.480 e. The van der Waals surface area contributed by atoms with E-state index in [9.17, 15) is 19.5 Å². The number of alkyl carbamates (subject to hydrolysis) is 1. The third-order valence-corrected chi connectivity index (χ3v) is 6.97. The van der Waals surface area contributed by atoms with Gasteiger partial charge in [-0.3, -0.25) is 4.79 Å². The number of carbonyl (C=O) groups is 3. The van der Waals surface area contributed by atoms with Crippen LogP contribution in [0, 0.1) is 5.92 Å². The zero-order valence-corrected chi connectivity index (χ0v) is 17.7. The molecule has 2 aromatic rings. The van der Waals surface area contributed by atoms with Crippen molar-refractivity contribution in [3.8, 4) is 11.1 Å². The summed E-state index contributed by atoms with van der Waals surface area (Å²) >= 11 is 0. The van der Waals surface area contributed by atoms with Gasteiger partial charge in [0.15, 0.2) is 0 Å². The highest BCUT2D eigenvalue weighted by atomic mass is 16.5. The SMILES string of the molecule is O=C(NC(C(=O)NC1(C(=O)O)CCC1)C1CC1)OCC1c2ccccc2-c2ccccc21. The van der Waals surface area contributed by atoms with Gasteiger partial charge in [-0.05, 0) is 60.3 Å². The molecule has 0 saturated heterocycles. The van der Waals surface area contributed by atoms with Crippen LogP contribution in [-0.2, 0) is 14.3 Å². The Bertz CT molecular complexity index is 1030. The highest BCUT2D eigenvalue weighted by molar-refractivity contribution is 5.92. The normalized spacial score (nSPS) is 19.1. The van der Waals surface area contributed by atoms with Crippen molar-refractivity contribution in [2.75, 3.05) is 6.61 Å². The molecule has 3 N–H and O–H groups in total.